The number of nitrogens with zero attached hydrogens (tertiary/aromatic N) is 3. The fourth-order valence-electron chi connectivity index (χ4n) is 3.40. The fraction of sp³-hybridized carbons (Fsp3) is 0.217. The Kier molecular flexibility index (Phi) is 6.16. The first kappa shape index (κ1) is 21.1. The molecule has 0 saturated heterocycles. The topological polar surface area (TPSA) is 128 Å². The molecule has 0 atom stereocenters. The van der Waals surface area contributed by atoms with Gasteiger partial charge in [-0.1, -0.05) is 25.1 Å². The number of amides is 1. The van der Waals surface area contributed by atoms with Crippen LogP contribution in [0.4, 0.5) is 5.82 Å². The van der Waals surface area contributed by atoms with Gasteiger partial charge >= 0.3 is 5.69 Å². The van der Waals surface area contributed by atoms with Crippen LogP contribution in [0.25, 0.3) is 22.3 Å². The van der Waals surface area contributed by atoms with Crippen LogP contribution in [0.3, 0.4) is 0 Å². The van der Waals surface area contributed by atoms with Gasteiger partial charge in [0.1, 0.15) is 23.0 Å². The molecule has 0 aliphatic carbocycles. The first-order valence-electron chi connectivity index (χ1n) is 10.4. The van der Waals surface area contributed by atoms with Gasteiger partial charge in [-0.25, -0.2) is 9.48 Å². The Bertz CT molecular complexity index is 1280. The summed E-state index contributed by atoms with van der Waals surface area (Å²) in [4.78, 5) is 30.3. The lowest BCUT2D eigenvalue weighted by atomic mass is 10.1. The number of benzene rings is 2. The third-order valence-corrected chi connectivity index (χ3v) is 4.87. The summed E-state index contributed by atoms with van der Waals surface area (Å²) in [6.07, 6.45) is 1.24. The summed E-state index contributed by atoms with van der Waals surface area (Å²) in [6.45, 7) is 2.67. The van der Waals surface area contributed by atoms with Crippen molar-refractivity contribution in [1.29, 1.82) is 0 Å². The summed E-state index contributed by atoms with van der Waals surface area (Å²) >= 11 is 0. The van der Waals surface area contributed by atoms with E-state index >= 15 is 0 Å². The number of aromatic nitrogens is 4. The maximum absolute atomic E-state index is 11.9. The van der Waals surface area contributed by atoms with Crippen LogP contribution in [-0.4, -0.2) is 32.2 Å². The number of nitrogen functional groups attached to an aromatic ring is 1. The quantitative estimate of drug-likeness (QED) is 0.393. The van der Waals surface area contributed by atoms with E-state index in [0.717, 1.165) is 17.7 Å². The van der Waals surface area contributed by atoms with Gasteiger partial charge in [-0.3, -0.25) is 9.78 Å². The molecule has 2 heterocycles. The number of carbonyl (C=O) groups excluding carboxylic acids is 1. The van der Waals surface area contributed by atoms with Crippen LogP contribution in [-0.2, 0) is 11.3 Å². The third-order valence-electron chi connectivity index (χ3n) is 4.87. The van der Waals surface area contributed by atoms with Crippen molar-refractivity contribution in [2.24, 2.45) is 0 Å². The fourth-order valence-corrected chi connectivity index (χ4v) is 3.40. The SMILES string of the molecule is CCCC(=O)NCCn1nc(-c2ccc(Oc3ccccc3)cc2)c2c(N)[nH]c(=O)nc21. The van der Waals surface area contributed by atoms with Gasteiger partial charge in [-0.15, -0.1) is 0 Å². The van der Waals surface area contributed by atoms with Crippen molar-refractivity contribution in [3.63, 3.8) is 0 Å². The molecule has 9 heteroatoms. The Morgan fingerprint density at radius 2 is 1.84 bits per heavy atom. The predicted molar refractivity (Wildman–Crippen MR) is 122 cm³/mol. The molecule has 0 spiro atoms. The van der Waals surface area contributed by atoms with Gasteiger partial charge in [0.2, 0.25) is 5.91 Å². The number of hydrogen-bond acceptors (Lipinski definition) is 6. The van der Waals surface area contributed by atoms with Crippen molar-refractivity contribution in [1.82, 2.24) is 25.1 Å². The molecule has 2 aromatic carbocycles. The van der Waals surface area contributed by atoms with Gasteiger partial charge in [-0.2, -0.15) is 10.1 Å². The highest BCUT2D eigenvalue weighted by atomic mass is 16.5. The van der Waals surface area contributed by atoms with Crippen LogP contribution >= 0.6 is 0 Å². The van der Waals surface area contributed by atoms with Crippen molar-refractivity contribution in [2.75, 3.05) is 12.3 Å². The number of aromatic amines is 1. The van der Waals surface area contributed by atoms with Crippen LogP contribution in [0.5, 0.6) is 11.5 Å². The van der Waals surface area contributed by atoms with Crippen molar-refractivity contribution < 1.29 is 9.53 Å². The summed E-state index contributed by atoms with van der Waals surface area (Å²) in [5.74, 6) is 1.59. The lowest BCUT2D eigenvalue weighted by molar-refractivity contribution is -0.121. The molecular weight excluding hydrogens is 408 g/mol. The number of para-hydroxylation sites is 1. The predicted octanol–water partition coefficient (Wildman–Crippen LogP) is 3.08. The smallest absolute Gasteiger partial charge is 0.348 e. The average molecular weight is 432 g/mol. The van der Waals surface area contributed by atoms with E-state index in [2.05, 4.69) is 20.4 Å². The van der Waals surface area contributed by atoms with Gasteiger partial charge in [-0.05, 0) is 42.8 Å². The molecule has 0 unspecified atom stereocenters. The molecule has 0 fully saturated rings. The lowest BCUT2D eigenvalue weighted by Gasteiger charge is -2.06. The van der Waals surface area contributed by atoms with E-state index in [1.807, 2.05) is 61.5 Å². The number of fused-ring (bicyclic) bond motifs is 1. The molecule has 4 rings (SSSR count). The minimum absolute atomic E-state index is 0.0245. The van der Waals surface area contributed by atoms with Crippen LogP contribution in [0.15, 0.2) is 59.4 Å². The number of hydrogen-bond donors (Lipinski definition) is 3. The standard InChI is InChI=1S/C23H24N6O3/c1-2-6-18(30)25-13-14-29-22-19(21(24)26-23(31)27-22)20(28-29)15-9-11-17(12-10-15)32-16-7-4-3-5-8-16/h3-5,7-12H,2,6,13-14H2,1H3,(H,25,30)(H3,24,26,27,31). The highest BCUT2D eigenvalue weighted by molar-refractivity contribution is 5.98. The highest BCUT2D eigenvalue weighted by Gasteiger charge is 2.18. The second-order valence-corrected chi connectivity index (χ2v) is 7.27. The zero-order valence-corrected chi connectivity index (χ0v) is 17.7. The van der Waals surface area contributed by atoms with E-state index in [1.54, 1.807) is 4.68 Å². The highest BCUT2D eigenvalue weighted by Crippen LogP contribution is 2.31. The Morgan fingerprint density at radius 1 is 1.12 bits per heavy atom. The van der Waals surface area contributed by atoms with Gasteiger partial charge in [0.05, 0.1) is 11.9 Å². The van der Waals surface area contributed by atoms with E-state index in [4.69, 9.17) is 10.5 Å². The van der Waals surface area contributed by atoms with Crippen molar-refractivity contribution in [3.05, 3.63) is 65.1 Å². The normalized spacial score (nSPS) is 10.9. The number of anilines is 1. The largest absolute Gasteiger partial charge is 0.457 e. The van der Waals surface area contributed by atoms with E-state index < -0.39 is 5.69 Å². The Labute approximate surface area is 184 Å². The molecule has 1 amide bonds. The molecule has 0 saturated carbocycles. The number of carbonyl (C=O) groups is 1. The van der Waals surface area contributed by atoms with Gasteiger partial charge in [0.25, 0.3) is 0 Å². The van der Waals surface area contributed by atoms with Crippen LogP contribution < -0.4 is 21.5 Å². The van der Waals surface area contributed by atoms with E-state index in [9.17, 15) is 9.59 Å². The average Bonchev–Trinajstić information content (AvgIpc) is 3.14. The van der Waals surface area contributed by atoms with Crippen molar-refractivity contribution in [3.8, 4) is 22.8 Å². The second-order valence-electron chi connectivity index (χ2n) is 7.27. The second kappa shape index (κ2) is 9.34. The molecular formula is C23H24N6O3. The van der Waals surface area contributed by atoms with E-state index in [0.29, 0.717) is 42.0 Å². The minimum Gasteiger partial charge on any atom is -0.457 e. The molecule has 4 N–H and O–H groups in total. The Balaban J connectivity index is 1.63. The number of ether oxygens (including phenoxy) is 1. The first-order chi connectivity index (χ1) is 15.5. The summed E-state index contributed by atoms with van der Waals surface area (Å²) in [5.41, 5.74) is 7.32. The first-order valence-corrected chi connectivity index (χ1v) is 10.4. The Morgan fingerprint density at radius 3 is 2.56 bits per heavy atom. The maximum atomic E-state index is 11.9. The summed E-state index contributed by atoms with van der Waals surface area (Å²) in [6, 6.07) is 16.9. The molecule has 32 heavy (non-hydrogen) atoms. The minimum atomic E-state index is -0.552. The van der Waals surface area contributed by atoms with Gasteiger partial charge in [0, 0.05) is 18.5 Å². The number of H-pyrrole nitrogens is 1. The van der Waals surface area contributed by atoms with Gasteiger partial charge in [0.15, 0.2) is 5.65 Å². The van der Waals surface area contributed by atoms with Crippen molar-refractivity contribution in [2.45, 2.75) is 26.3 Å². The number of nitrogens with one attached hydrogen (secondary N) is 2. The lowest BCUT2D eigenvalue weighted by Crippen LogP contribution is -2.27. The maximum Gasteiger partial charge on any atom is 0.348 e. The zero-order valence-electron chi connectivity index (χ0n) is 17.7. The molecule has 9 nitrogen and oxygen atoms in total. The van der Waals surface area contributed by atoms with Gasteiger partial charge < -0.3 is 15.8 Å². The molecule has 0 radical (unpaired) electrons. The van der Waals surface area contributed by atoms with Crippen molar-refractivity contribution >= 4 is 22.8 Å². The monoisotopic (exact) mass is 432 g/mol. The van der Waals surface area contributed by atoms with Crippen LogP contribution in [0.1, 0.15) is 19.8 Å². The van der Waals surface area contributed by atoms with Crippen LogP contribution in [0, 0.1) is 0 Å². The summed E-state index contributed by atoms with van der Waals surface area (Å²) in [5, 5.41) is 8.04. The van der Waals surface area contributed by atoms with Crippen LogP contribution in [0.2, 0.25) is 0 Å². The molecule has 2 aromatic heterocycles. The Hall–Kier alpha value is -4.14. The molecule has 4 aromatic rings. The number of rotatable bonds is 8. The summed E-state index contributed by atoms with van der Waals surface area (Å²) in [7, 11) is 0. The molecule has 164 valence electrons. The molecule has 0 aliphatic rings. The molecule has 0 bridgehead atoms. The summed E-state index contributed by atoms with van der Waals surface area (Å²) < 4.78 is 7.44. The van der Waals surface area contributed by atoms with E-state index in [1.165, 1.54) is 0 Å². The van der Waals surface area contributed by atoms with E-state index in [-0.39, 0.29) is 11.7 Å². The number of nitrogens with two attached hydrogens (primary N) is 1. The third kappa shape index (κ3) is 4.61. The molecule has 0 aliphatic heterocycles. The zero-order chi connectivity index (χ0) is 22.5.